The third-order valence-electron chi connectivity index (χ3n) is 5.92. The quantitative estimate of drug-likeness (QED) is 0.884. The molecule has 1 N–H and O–H groups in total. The predicted molar refractivity (Wildman–Crippen MR) is 100 cm³/mol. The van der Waals surface area contributed by atoms with Crippen LogP contribution in [0.5, 0.6) is 0 Å². The summed E-state index contributed by atoms with van der Waals surface area (Å²) < 4.78 is 5.43. The zero-order valence-corrected chi connectivity index (χ0v) is 15.2. The fourth-order valence-corrected chi connectivity index (χ4v) is 4.42. The molecule has 25 heavy (non-hydrogen) atoms. The molecule has 0 amide bonds. The second-order valence-electron chi connectivity index (χ2n) is 7.73. The molecule has 1 aliphatic carbocycles. The van der Waals surface area contributed by atoms with E-state index < -0.39 is 0 Å². The second-order valence-corrected chi connectivity index (χ2v) is 7.73. The van der Waals surface area contributed by atoms with E-state index in [0.29, 0.717) is 6.04 Å². The molecule has 0 aromatic carbocycles. The summed E-state index contributed by atoms with van der Waals surface area (Å²) in [4.78, 5) is 13.8. The molecule has 0 spiro atoms. The van der Waals surface area contributed by atoms with Gasteiger partial charge in [0.15, 0.2) is 0 Å². The van der Waals surface area contributed by atoms with E-state index in [-0.39, 0.29) is 0 Å². The summed E-state index contributed by atoms with van der Waals surface area (Å²) in [5, 5.41) is 3.64. The first-order valence-electron chi connectivity index (χ1n) is 10.0. The van der Waals surface area contributed by atoms with Gasteiger partial charge in [0, 0.05) is 44.8 Å². The number of nitrogens with zero attached hydrogens (tertiary/aromatic N) is 4. The minimum absolute atomic E-state index is 0.535. The number of anilines is 2. The Morgan fingerprint density at radius 1 is 1.00 bits per heavy atom. The fourth-order valence-electron chi connectivity index (χ4n) is 4.42. The average molecular weight is 345 g/mol. The van der Waals surface area contributed by atoms with Gasteiger partial charge in [0.05, 0.1) is 13.2 Å². The lowest BCUT2D eigenvalue weighted by Crippen LogP contribution is -2.41. The number of likely N-dealkylation sites (tertiary alicyclic amines) is 1. The maximum Gasteiger partial charge on any atom is 0.134 e. The first kappa shape index (κ1) is 17.0. The summed E-state index contributed by atoms with van der Waals surface area (Å²) in [5.41, 5.74) is 0. The number of rotatable bonds is 5. The van der Waals surface area contributed by atoms with Gasteiger partial charge in [-0.2, -0.15) is 0 Å². The number of nitrogens with one attached hydrogen (secondary N) is 1. The Kier molecular flexibility index (Phi) is 5.67. The minimum Gasteiger partial charge on any atom is -0.378 e. The highest BCUT2D eigenvalue weighted by Crippen LogP contribution is 2.27. The van der Waals surface area contributed by atoms with Gasteiger partial charge in [-0.05, 0) is 31.6 Å². The van der Waals surface area contributed by atoms with Crippen molar-refractivity contribution in [1.82, 2.24) is 14.9 Å². The summed E-state index contributed by atoms with van der Waals surface area (Å²) >= 11 is 0. The Hall–Kier alpha value is -1.40. The lowest BCUT2D eigenvalue weighted by molar-refractivity contribution is 0.122. The van der Waals surface area contributed by atoms with Gasteiger partial charge in [-0.15, -0.1) is 0 Å². The number of morpholine rings is 1. The summed E-state index contributed by atoms with van der Waals surface area (Å²) in [6.45, 7) is 7.15. The van der Waals surface area contributed by atoms with Crippen LogP contribution in [0.1, 0.15) is 38.5 Å². The van der Waals surface area contributed by atoms with Gasteiger partial charge in [0.2, 0.25) is 0 Å². The number of aromatic nitrogens is 2. The largest absolute Gasteiger partial charge is 0.378 e. The molecule has 3 fully saturated rings. The molecule has 2 aliphatic heterocycles. The molecule has 1 saturated carbocycles. The molecule has 4 rings (SSSR count). The van der Waals surface area contributed by atoms with Gasteiger partial charge >= 0.3 is 0 Å². The van der Waals surface area contributed by atoms with Crippen LogP contribution >= 0.6 is 0 Å². The lowest BCUT2D eigenvalue weighted by Gasteiger charge is -2.34. The van der Waals surface area contributed by atoms with E-state index >= 15 is 0 Å². The molecule has 0 bridgehead atoms. The fraction of sp³-hybridized carbons (Fsp3) is 0.789. The molecular weight excluding hydrogens is 314 g/mol. The van der Waals surface area contributed by atoms with Gasteiger partial charge in [-0.25, -0.2) is 9.97 Å². The van der Waals surface area contributed by atoms with Crippen LogP contribution in [0.3, 0.4) is 0 Å². The monoisotopic (exact) mass is 345 g/mol. The lowest BCUT2D eigenvalue weighted by atomic mass is 10.0. The van der Waals surface area contributed by atoms with Crippen molar-refractivity contribution >= 4 is 11.6 Å². The highest BCUT2D eigenvalue weighted by Gasteiger charge is 2.23. The Bertz CT molecular complexity index is 534. The summed E-state index contributed by atoms with van der Waals surface area (Å²) in [6.07, 6.45) is 9.90. The Labute approximate surface area is 151 Å². The summed E-state index contributed by atoms with van der Waals surface area (Å²) in [6, 6.07) is 2.63. The van der Waals surface area contributed by atoms with E-state index in [1.165, 1.54) is 58.2 Å². The normalized spacial score (nSPS) is 23.9. The molecule has 0 unspecified atom stereocenters. The van der Waals surface area contributed by atoms with Crippen LogP contribution in [0.4, 0.5) is 11.6 Å². The second kappa shape index (κ2) is 8.32. The van der Waals surface area contributed by atoms with E-state index in [9.17, 15) is 0 Å². The highest BCUT2D eigenvalue weighted by molar-refractivity contribution is 5.49. The summed E-state index contributed by atoms with van der Waals surface area (Å²) in [7, 11) is 0. The van der Waals surface area contributed by atoms with E-state index in [1.807, 2.05) is 0 Å². The minimum atomic E-state index is 0.535. The number of hydrogen-bond acceptors (Lipinski definition) is 6. The van der Waals surface area contributed by atoms with Gasteiger partial charge in [-0.1, -0.05) is 12.8 Å². The van der Waals surface area contributed by atoms with E-state index in [0.717, 1.165) is 43.9 Å². The van der Waals surface area contributed by atoms with Crippen LogP contribution in [-0.2, 0) is 4.74 Å². The molecule has 6 nitrogen and oxygen atoms in total. The number of ether oxygens (including phenoxy) is 1. The van der Waals surface area contributed by atoms with E-state index in [2.05, 4.69) is 31.2 Å². The molecule has 1 aromatic heterocycles. The molecule has 0 atom stereocenters. The molecular formula is C19H31N5O. The topological polar surface area (TPSA) is 53.5 Å². The Balaban J connectivity index is 1.26. The molecule has 138 valence electrons. The van der Waals surface area contributed by atoms with Crippen LogP contribution in [0, 0.1) is 5.92 Å². The van der Waals surface area contributed by atoms with Crippen LogP contribution in [0.2, 0.25) is 0 Å². The number of piperidine rings is 1. The molecule has 6 heteroatoms. The SMILES string of the molecule is c1nc(NC2CCN(CC3CCCC3)CC2)cc(N2CCOCC2)n1. The predicted octanol–water partition coefficient (Wildman–Crippen LogP) is 2.38. The van der Waals surface area contributed by atoms with Gasteiger partial charge in [0.1, 0.15) is 18.0 Å². The Morgan fingerprint density at radius 3 is 2.52 bits per heavy atom. The van der Waals surface area contributed by atoms with Crippen molar-refractivity contribution in [2.24, 2.45) is 5.92 Å². The van der Waals surface area contributed by atoms with Crippen LogP contribution in [-0.4, -0.2) is 66.8 Å². The van der Waals surface area contributed by atoms with Crippen molar-refractivity contribution in [3.05, 3.63) is 12.4 Å². The molecule has 1 aromatic rings. The zero-order chi connectivity index (χ0) is 16.9. The average Bonchev–Trinajstić information content (AvgIpc) is 3.17. The van der Waals surface area contributed by atoms with Crippen molar-refractivity contribution in [3.63, 3.8) is 0 Å². The molecule has 2 saturated heterocycles. The van der Waals surface area contributed by atoms with Gasteiger partial charge < -0.3 is 19.9 Å². The van der Waals surface area contributed by atoms with Crippen LogP contribution in [0.15, 0.2) is 12.4 Å². The van der Waals surface area contributed by atoms with Crippen molar-refractivity contribution < 1.29 is 4.74 Å². The Morgan fingerprint density at radius 2 is 1.76 bits per heavy atom. The number of hydrogen-bond donors (Lipinski definition) is 1. The van der Waals surface area contributed by atoms with Crippen molar-refractivity contribution in [1.29, 1.82) is 0 Å². The highest BCUT2D eigenvalue weighted by atomic mass is 16.5. The zero-order valence-electron chi connectivity index (χ0n) is 15.2. The van der Waals surface area contributed by atoms with Crippen molar-refractivity contribution in [2.45, 2.75) is 44.6 Å². The third-order valence-corrected chi connectivity index (χ3v) is 5.92. The maximum absolute atomic E-state index is 5.43. The maximum atomic E-state index is 5.43. The van der Waals surface area contributed by atoms with E-state index in [4.69, 9.17) is 4.74 Å². The first-order chi connectivity index (χ1) is 12.4. The summed E-state index contributed by atoms with van der Waals surface area (Å²) in [5.74, 6) is 2.94. The smallest absolute Gasteiger partial charge is 0.134 e. The molecule has 0 radical (unpaired) electrons. The third kappa shape index (κ3) is 4.61. The molecule has 3 aliphatic rings. The first-order valence-corrected chi connectivity index (χ1v) is 10.0. The standard InChI is InChI=1S/C19H31N5O/c1-2-4-16(3-1)14-23-7-5-17(6-8-23)22-18-13-19(21-15-20-18)24-9-11-25-12-10-24/h13,15-17H,1-12,14H2,(H,20,21,22). The molecule has 3 heterocycles. The van der Waals surface area contributed by atoms with Crippen LogP contribution < -0.4 is 10.2 Å². The van der Waals surface area contributed by atoms with Crippen molar-refractivity contribution in [3.8, 4) is 0 Å². The van der Waals surface area contributed by atoms with Crippen molar-refractivity contribution in [2.75, 3.05) is 56.2 Å². The van der Waals surface area contributed by atoms with E-state index in [1.54, 1.807) is 6.33 Å². The van der Waals surface area contributed by atoms with Crippen LogP contribution in [0.25, 0.3) is 0 Å². The van der Waals surface area contributed by atoms with Gasteiger partial charge in [0.25, 0.3) is 0 Å². The van der Waals surface area contributed by atoms with Gasteiger partial charge in [-0.3, -0.25) is 0 Å².